The maximum atomic E-state index is 5.98. The van der Waals surface area contributed by atoms with Crippen LogP contribution in [0.25, 0.3) is 171 Å². The standard InChI is InChI=1S/C44H28N4.C24H16N2.C20H13ClN2/c1-2-12-29(13-3-1)43-36-17-4-8-18-38(36)45-44(46-43)30-22-24-31(25-23-30)47-41-21-11-7-16-35(41)37-28-32(26-27-42(37)47)48-39-19-9-5-14-33(39)34-15-6-10-20-40(34)48;1-4-10-21-17(7-1)20-15-16(13-14-22(20)25-21)26-23-11-5-2-8-18(23)19-9-3-6-12-24(19)26;21-16-12-10-15(11-13-16)20-22-18-9-5-4-8-17(18)19(23-20)14-6-2-1-3-7-14/h1-28H;1-15,25H;1-13H. The van der Waals surface area contributed by atoms with Crippen molar-refractivity contribution in [3.63, 3.8) is 0 Å². The summed E-state index contributed by atoms with van der Waals surface area (Å²) in [5.74, 6) is 1.43. The minimum absolute atomic E-state index is 0.706. The van der Waals surface area contributed by atoms with Gasteiger partial charge < -0.3 is 18.7 Å². The Bertz CT molecular complexity index is 6280. The van der Waals surface area contributed by atoms with Crippen molar-refractivity contribution in [1.29, 1.82) is 0 Å². The Morgan fingerprint density at radius 2 is 0.557 bits per heavy atom. The molecule has 0 atom stereocenters. The van der Waals surface area contributed by atoms with E-state index in [-0.39, 0.29) is 0 Å². The summed E-state index contributed by atoms with van der Waals surface area (Å²) in [6.07, 6.45) is 0. The van der Waals surface area contributed by atoms with Crippen LogP contribution in [0.2, 0.25) is 5.02 Å². The lowest BCUT2D eigenvalue weighted by Gasteiger charge is -2.12. The summed E-state index contributed by atoms with van der Waals surface area (Å²) in [7, 11) is 0. The Kier molecular flexibility index (Phi) is 14.1. The van der Waals surface area contributed by atoms with Gasteiger partial charge in [0.25, 0.3) is 0 Å². The van der Waals surface area contributed by atoms with Gasteiger partial charge in [-0.2, -0.15) is 0 Å². The average molecular weight is 1260 g/mol. The number of aromatic amines is 1. The van der Waals surface area contributed by atoms with E-state index in [4.69, 9.17) is 31.5 Å². The van der Waals surface area contributed by atoms with Crippen molar-refractivity contribution >= 4 is 121 Å². The quantitative estimate of drug-likeness (QED) is 0.172. The first kappa shape index (κ1) is 57.0. The minimum Gasteiger partial charge on any atom is -0.355 e. The molecule has 0 bridgehead atoms. The molecule has 0 fully saturated rings. The lowest BCUT2D eigenvalue weighted by atomic mass is 10.1. The molecule has 97 heavy (non-hydrogen) atoms. The topological polar surface area (TPSA) is 82.1 Å². The number of aromatic nitrogens is 8. The third kappa shape index (κ3) is 10.1. The first-order chi connectivity index (χ1) is 48.0. The fourth-order valence-electron chi connectivity index (χ4n) is 14.2. The van der Waals surface area contributed by atoms with E-state index >= 15 is 0 Å². The first-order valence-corrected chi connectivity index (χ1v) is 32.9. The molecule has 20 aromatic rings. The molecule has 0 aliphatic carbocycles. The number of rotatable bonds is 7. The van der Waals surface area contributed by atoms with Crippen molar-refractivity contribution in [3.8, 4) is 62.4 Å². The van der Waals surface area contributed by atoms with Crippen LogP contribution in [0.5, 0.6) is 0 Å². The average Bonchev–Trinajstić information content (AvgIpc) is 1.60. The largest absolute Gasteiger partial charge is 0.355 e. The van der Waals surface area contributed by atoms with Crippen molar-refractivity contribution in [2.75, 3.05) is 0 Å². The second kappa shape index (κ2) is 24.0. The third-order valence-electron chi connectivity index (χ3n) is 18.6. The van der Waals surface area contributed by atoms with E-state index in [2.05, 4.69) is 280 Å². The van der Waals surface area contributed by atoms with Crippen molar-refractivity contribution in [3.05, 3.63) is 345 Å². The summed E-state index contributed by atoms with van der Waals surface area (Å²) in [5.41, 5.74) is 20.9. The summed E-state index contributed by atoms with van der Waals surface area (Å²) in [5, 5.41) is 12.9. The van der Waals surface area contributed by atoms with Gasteiger partial charge >= 0.3 is 0 Å². The summed E-state index contributed by atoms with van der Waals surface area (Å²) >= 11 is 5.98. The Balaban J connectivity index is 0.000000117. The zero-order chi connectivity index (χ0) is 64.3. The van der Waals surface area contributed by atoms with Crippen LogP contribution in [0.15, 0.2) is 340 Å². The van der Waals surface area contributed by atoms with Gasteiger partial charge in [0.15, 0.2) is 11.6 Å². The predicted molar refractivity (Wildman–Crippen MR) is 405 cm³/mol. The predicted octanol–water partition coefficient (Wildman–Crippen LogP) is 23.2. The summed E-state index contributed by atoms with van der Waals surface area (Å²) in [6, 6.07) is 118. The minimum atomic E-state index is 0.706. The smallest absolute Gasteiger partial charge is 0.160 e. The molecule has 0 spiro atoms. The molecule has 14 aromatic carbocycles. The number of H-pyrrole nitrogens is 1. The molecule has 0 saturated heterocycles. The van der Waals surface area contributed by atoms with Crippen LogP contribution in [0.4, 0.5) is 0 Å². The van der Waals surface area contributed by atoms with Crippen LogP contribution in [0.1, 0.15) is 0 Å². The van der Waals surface area contributed by atoms with Gasteiger partial charge in [0.1, 0.15) is 0 Å². The zero-order valence-electron chi connectivity index (χ0n) is 52.3. The zero-order valence-corrected chi connectivity index (χ0v) is 53.1. The van der Waals surface area contributed by atoms with E-state index in [9.17, 15) is 0 Å². The number of para-hydroxylation sites is 8. The molecular weight excluding hydrogens is 1200 g/mol. The molecule has 9 heteroatoms. The fraction of sp³-hybridized carbons (Fsp3) is 0. The first-order valence-electron chi connectivity index (χ1n) is 32.5. The molecule has 0 amide bonds. The SMILES string of the molecule is Clc1ccc(-c2nc(-c3ccccc3)c3ccccc3n2)cc1.c1ccc(-c2nc(-c3ccc(-n4c5ccccc5c5cc(-n6c7ccccc7c7ccccc76)ccc54)cc3)nc3ccccc23)cc1.c1ccc2c(c1)[nH]c1ccc(-n3c4ccccc4c4ccccc43)cc12. The van der Waals surface area contributed by atoms with Gasteiger partial charge in [-0.25, -0.2) is 19.9 Å². The van der Waals surface area contributed by atoms with Gasteiger partial charge in [-0.15, -0.1) is 0 Å². The van der Waals surface area contributed by atoms with Crippen LogP contribution in [-0.4, -0.2) is 38.6 Å². The fourth-order valence-corrected chi connectivity index (χ4v) is 14.3. The number of nitrogens with one attached hydrogen (secondary N) is 1. The van der Waals surface area contributed by atoms with E-state index in [1.165, 1.54) is 92.9 Å². The van der Waals surface area contributed by atoms with Crippen LogP contribution in [0, 0.1) is 0 Å². The molecule has 6 heterocycles. The highest BCUT2D eigenvalue weighted by molar-refractivity contribution is 6.30. The van der Waals surface area contributed by atoms with Crippen LogP contribution in [-0.2, 0) is 0 Å². The van der Waals surface area contributed by atoms with Gasteiger partial charge in [0.05, 0.1) is 55.5 Å². The molecule has 0 saturated carbocycles. The van der Waals surface area contributed by atoms with E-state index in [1.807, 2.05) is 78.9 Å². The van der Waals surface area contributed by atoms with Gasteiger partial charge in [-0.05, 0) is 133 Å². The number of hydrogen-bond acceptors (Lipinski definition) is 4. The number of fused-ring (bicyclic) bond motifs is 14. The van der Waals surface area contributed by atoms with Crippen molar-refractivity contribution < 1.29 is 0 Å². The van der Waals surface area contributed by atoms with Gasteiger partial charge in [0, 0.05) is 109 Å². The van der Waals surface area contributed by atoms with Crippen LogP contribution < -0.4 is 0 Å². The monoisotopic (exact) mass is 1260 g/mol. The number of halogens is 1. The van der Waals surface area contributed by atoms with Gasteiger partial charge in [0.2, 0.25) is 0 Å². The van der Waals surface area contributed by atoms with Crippen molar-refractivity contribution in [1.82, 2.24) is 38.6 Å². The van der Waals surface area contributed by atoms with E-state index < -0.39 is 0 Å². The normalized spacial score (nSPS) is 11.6. The molecule has 0 aliphatic rings. The Labute approximate surface area is 562 Å². The lowest BCUT2D eigenvalue weighted by molar-refractivity contribution is 1.16. The molecule has 6 aromatic heterocycles. The highest BCUT2D eigenvalue weighted by atomic mass is 35.5. The Morgan fingerprint density at radius 3 is 1.03 bits per heavy atom. The molecular formula is C88H57ClN8. The number of hydrogen-bond donors (Lipinski definition) is 1. The van der Waals surface area contributed by atoms with Crippen molar-refractivity contribution in [2.24, 2.45) is 0 Å². The van der Waals surface area contributed by atoms with Gasteiger partial charge in [-0.1, -0.05) is 218 Å². The molecule has 1 N–H and O–H groups in total. The Hall–Kier alpha value is -12.8. The number of nitrogens with zero attached hydrogens (tertiary/aromatic N) is 7. The molecule has 0 aliphatic heterocycles. The van der Waals surface area contributed by atoms with Gasteiger partial charge in [-0.3, -0.25) is 0 Å². The van der Waals surface area contributed by atoms with Crippen LogP contribution >= 0.6 is 11.6 Å². The van der Waals surface area contributed by atoms with Crippen LogP contribution in [0.3, 0.4) is 0 Å². The second-order valence-corrected chi connectivity index (χ2v) is 24.7. The highest BCUT2D eigenvalue weighted by Gasteiger charge is 2.19. The summed E-state index contributed by atoms with van der Waals surface area (Å²) < 4.78 is 7.12. The lowest BCUT2D eigenvalue weighted by Crippen LogP contribution is -1.97. The molecule has 0 radical (unpaired) electrons. The Morgan fingerprint density at radius 1 is 0.227 bits per heavy atom. The summed E-state index contributed by atoms with van der Waals surface area (Å²) in [6.45, 7) is 0. The second-order valence-electron chi connectivity index (χ2n) is 24.3. The maximum absolute atomic E-state index is 5.98. The molecule has 20 rings (SSSR count). The van der Waals surface area contributed by atoms with E-state index in [1.54, 1.807) is 0 Å². The van der Waals surface area contributed by atoms with E-state index in [0.29, 0.717) is 10.8 Å². The molecule has 0 unspecified atom stereocenters. The van der Waals surface area contributed by atoms with Crippen molar-refractivity contribution in [2.45, 2.75) is 0 Å². The summed E-state index contributed by atoms with van der Waals surface area (Å²) in [4.78, 5) is 23.1. The maximum Gasteiger partial charge on any atom is 0.160 e. The molecule has 8 nitrogen and oxygen atoms in total. The highest BCUT2D eigenvalue weighted by Crippen LogP contribution is 2.40. The molecule has 456 valence electrons. The third-order valence-corrected chi connectivity index (χ3v) is 18.9. The number of benzene rings is 14. The van der Waals surface area contributed by atoms with E-state index in [0.717, 1.165) is 72.6 Å².